The Labute approximate surface area is 112 Å². The minimum absolute atomic E-state index is 0.248. The molecule has 0 aliphatic rings. The molecular formula is C14H17N3O2. The van der Waals surface area contributed by atoms with Crippen LogP contribution in [0.4, 0.5) is 5.69 Å². The van der Waals surface area contributed by atoms with Crippen LogP contribution in [0.5, 0.6) is 0 Å². The molecule has 0 atom stereocenters. The Morgan fingerprint density at radius 2 is 2.16 bits per heavy atom. The molecule has 0 fully saturated rings. The summed E-state index contributed by atoms with van der Waals surface area (Å²) in [6, 6.07) is 7.68. The third kappa shape index (κ3) is 3.20. The van der Waals surface area contributed by atoms with Crippen molar-refractivity contribution in [1.29, 1.82) is 0 Å². The van der Waals surface area contributed by atoms with Gasteiger partial charge in [-0.1, -0.05) is 25.1 Å². The Bertz CT molecular complexity index is 563. The number of amides is 1. The summed E-state index contributed by atoms with van der Waals surface area (Å²) in [7, 11) is 0. The number of para-hydroxylation sites is 1. The molecule has 2 N–H and O–H groups in total. The lowest BCUT2D eigenvalue weighted by molar-refractivity contribution is 0.0995. The second-order valence-corrected chi connectivity index (χ2v) is 4.16. The SMILES string of the molecule is CCNCc1ccccc1NC(=O)c1ocnc1C. The number of aromatic nitrogens is 1. The van der Waals surface area contributed by atoms with E-state index >= 15 is 0 Å². The van der Waals surface area contributed by atoms with Gasteiger partial charge in [-0.2, -0.15) is 0 Å². The van der Waals surface area contributed by atoms with E-state index in [0.29, 0.717) is 12.2 Å². The minimum atomic E-state index is -0.279. The highest BCUT2D eigenvalue weighted by Crippen LogP contribution is 2.16. The molecule has 0 radical (unpaired) electrons. The summed E-state index contributed by atoms with van der Waals surface area (Å²) >= 11 is 0. The van der Waals surface area contributed by atoms with E-state index in [0.717, 1.165) is 17.8 Å². The molecule has 0 saturated carbocycles. The highest BCUT2D eigenvalue weighted by atomic mass is 16.3. The Balaban J connectivity index is 2.15. The van der Waals surface area contributed by atoms with Crippen molar-refractivity contribution in [2.75, 3.05) is 11.9 Å². The zero-order valence-corrected chi connectivity index (χ0v) is 11.1. The lowest BCUT2D eigenvalue weighted by Crippen LogP contribution is -2.17. The third-order valence-electron chi connectivity index (χ3n) is 2.78. The first-order chi connectivity index (χ1) is 9.22. The maximum Gasteiger partial charge on any atom is 0.293 e. The van der Waals surface area contributed by atoms with Crippen molar-refractivity contribution >= 4 is 11.6 Å². The molecular weight excluding hydrogens is 242 g/mol. The van der Waals surface area contributed by atoms with Crippen molar-refractivity contribution in [3.63, 3.8) is 0 Å². The number of hydrogen-bond acceptors (Lipinski definition) is 4. The van der Waals surface area contributed by atoms with Crippen molar-refractivity contribution in [1.82, 2.24) is 10.3 Å². The zero-order chi connectivity index (χ0) is 13.7. The molecule has 0 aliphatic carbocycles. The fourth-order valence-corrected chi connectivity index (χ4v) is 1.75. The van der Waals surface area contributed by atoms with Gasteiger partial charge < -0.3 is 15.1 Å². The summed E-state index contributed by atoms with van der Waals surface area (Å²) in [5.74, 6) is -0.0304. The minimum Gasteiger partial charge on any atom is -0.438 e. The first-order valence-electron chi connectivity index (χ1n) is 6.22. The quantitative estimate of drug-likeness (QED) is 0.865. The molecule has 1 amide bonds. The first-order valence-corrected chi connectivity index (χ1v) is 6.22. The molecule has 5 heteroatoms. The number of carbonyl (C=O) groups excluding carboxylic acids is 1. The molecule has 2 aromatic rings. The molecule has 0 bridgehead atoms. The monoisotopic (exact) mass is 259 g/mol. The van der Waals surface area contributed by atoms with Crippen LogP contribution in [0.15, 0.2) is 35.1 Å². The third-order valence-corrected chi connectivity index (χ3v) is 2.78. The number of benzene rings is 1. The standard InChI is InChI=1S/C14H17N3O2/c1-3-15-8-11-6-4-5-7-12(11)17-14(18)13-10(2)16-9-19-13/h4-7,9,15H,3,8H2,1-2H3,(H,17,18). The van der Waals surface area contributed by atoms with Crippen LogP contribution in [0.2, 0.25) is 0 Å². The van der Waals surface area contributed by atoms with E-state index in [4.69, 9.17) is 4.42 Å². The van der Waals surface area contributed by atoms with Crippen LogP contribution in [0.3, 0.4) is 0 Å². The summed E-state index contributed by atoms with van der Waals surface area (Å²) in [5, 5.41) is 6.09. The highest BCUT2D eigenvalue weighted by molar-refractivity contribution is 6.03. The van der Waals surface area contributed by atoms with E-state index in [1.165, 1.54) is 6.39 Å². The van der Waals surface area contributed by atoms with E-state index < -0.39 is 0 Å². The van der Waals surface area contributed by atoms with Gasteiger partial charge in [0.2, 0.25) is 5.76 Å². The maximum absolute atomic E-state index is 12.1. The molecule has 1 heterocycles. The molecule has 19 heavy (non-hydrogen) atoms. The number of nitrogens with one attached hydrogen (secondary N) is 2. The van der Waals surface area contributed by atoms with Crippen LogP contribution >= 0.6 is 0 Å². The number of aryl methyl sites for hydroxylation is 1. The molecule has 2 rings (SSSR count). The second kappa shape index (κ2) is 6.15. The van der Waals surface area contributed by atoms with Crippen LogP contribution in [-0.4, -0.2) is 17.4 Å². The summed E-state index contributed by atoms with van der Waals surface area (Å²) in [4.78, 5) is 16.0. The normalized spacial score (nSPS) is 10.4. The Hall–Kier alpha value is -2.14. The Kier molecular flexibility index (Phi) is 4.30. The van der Waals surface area contributed by atoms with Gasteiger partial charge >= 0.3 is 0 Å². The Morgan fingerprint density at radius 3 is 2.84 bits per heavy atom. The van der Waals surface area contributed by atoms with E-state index in [-0.39, 0.29) is 11.7 Å². The van der Waals surface area contributed by atoms with Crippen LogP contribution in [0.25, 0.3) is 0 Å². The molecule has 100 valence electrons. The summed E-state index contributed by atoms with van der Waals surface area (Å²) in [6.07, 6.45) is 1.27. The van der Waals surface area contributed by atoms with E-state index in [2.05, 4.69) is 15.6 Å². The fourth-order valence-electron chi connectivity index (χ4n) is 1.75. The first kappa shape index (κ1) is 13.3. The van der Waals surface area contributed by atoms with Crippen molar-refractivity contribution in [3.05, 3.63) is 47.7 Å². The molecule has 0 unspecified atom stereocenters. The average Bonchev–Trinajstić information content (AvgIpc) is 2.84. The smallest absolute Gasteiger partial charge is 0.293 e. The van der Waals surface area contributed by atoms with E-state index in [1.807, 2.05) is 31.2 Å². The second-order valence-electron chi connectivity index (χ2n) is 4.16. The summed E-state index contributed by atoms with van der Waals surface area (Å²) in [5.41, 5.74) is 2.40. The lowest BCUT2D eigenvalue weighted by Gasteiger charge is -2.10. The van der Waals surface area contributed by atoms with Gasteiger partial charge in [0.05, 0.1) is 5.69 Å². The lowest BCUT2D eigenvalue weighted by atomic mass is 10.1. The van der Waals surface area contributed by atoms with Gasteiger partial charge in [-0.15, -0.1) is 0 Å². The van der Waals surface area contributed by atoms with Crippen LogP contribution in [-0.2, 0) is 6.54 Å². The van der Waals surface area contributed by atoms with Crippen molar-refractivity contribution < 1.29 is 9.21 Å². The number of rotatable bonds is 5. The zero-order valence-electron chi connectivity index (χ0n) is 11.1. The predicted octanol–water partition coefficient (Wildman–Crippen LogP) is 2.34. The summed E-state index contributed by atoms with van der Waals surface area (Å²) < 4.78 is 5.08. The number of carbonyl (C=O) groups is 1. The van der Waals surface area contributed by atoms with Gasteiger partial charge in [-0.3, -0.25) is 4.79 Å². The molecule has 0 spiro atoms. The topological polar surface area (TPSA) is 67.2 Å². The van der Waals surface area contributed by atoms with Gasteiger partial charge in [-0.05, 0) is 25.1 Å². The van der Waals surface area contributed by atoms with Crippen molar-refractivity contribution in [2.45, 2.75) is 20.4 Å². The van der Waals surface area contributed by atoms with Gasteiger partial charge in [0.25, 0.3) is 5.91 Å². The van der Waals surface area contributed by atoms with Gasteiger partial charge in [0.1, 0.15) is 0 Å². The predicted molar refractivity (Wildman–Crippen MR) is 73.0 cm³/mol. The number of oxazole rings is 1. The average molecular weight is 259 g/mol. The largest absolute Gasteiger partial charge is 0.438 e. The van der Waals surface area contributed by atoms with Crippen LogP contribution < -0.4 is 10.6 Å². The van der Waals surface area contributed by atoms with E-state index in [1.54, 1.807) is 6.92 Å². The number of nitrogens with zero attached hydrogens (tertiary/aromatic N) is 1. The highest BCUT2D eigenvalue weighted by Gasteiger charge is 2.15. The molecule has 1 aromatic heterocycles. The van der Waals surface area contributed by atoms with Gasteiger partial charge in [0.15, 0.2) is 6.39 Å². The maximum atomic E-state index is 12.1. The molecule has 5 nitrogen and oxygen atoms in total. The fraction of sp³-hybridized carbons (Fsp3) is 0.286. The molecule has 0 aliphatic heterocycles. The van der Waals surface area contributed by atoms with E-state index in [9.17, 15) is 4.79 Å². The molecule has 1 aromatic carbocycles. The van der Waals surface area contributed by atoms with Crippen LogP contribution in [0.1, 0.15) is 28.7 Å². The summed E-state index contributed by atoms with van der Waals surface area (Å²) in [6.45, 7) is 5.37. The van der Waals surface area contributed by atoms with Crippen molar-refractivity contribution in [3.8, 4) is 0 Å². The van der Waals surface area contributed by atoms with Crippen molar-refractivity contribution in [2.24, 2.45) is 0 Å². The Morgan fingerprint density at radius 1 is 1.37 bits per heavy atom. The number of anilines is 1. The number of hydrogen-bond donors (Lipinski definition) is 2. The van der Waals surface area contributed by atoms with Crippen LogP contribution in [0, 0.1) is 6.92 Å². The van der Waals surface area contributed by atoms with Gasteiger partial charge in [0, 0.05) is 12.2 Å². The van der Waals surface area contributed by atoms with Gasteiger partial charge in [-0.25, -0.2) is 4.98 Å². The molecule has 0 saturated heterocycles.